The molecule has 0 aliphatic carbocycles. The van der Waals surface area contributed by atoms with Crippen LogP contribution in [0.5, 0.6) is 0 Å². The molecule has 2 rings (SSSR count). The van der Waals surface area contributed by atoms with Gasteiger partial charge in [-0.2, -0.15) is 0 Å². The Morgan fingerprint density at radius 1 is 1.42 bits per heavy atom. The molecule has 0 unspecified atom stereocenters. The highest BCUT2D eigenvalue weighted by Crippen LogP contribution is 2.14. The molecule has 0 fully saturated rings. The van der Waals surface area contributed by atoms with Crippen molar-refractivity contribution in [1.82, 2.24) is 10.3 Å². The molecule has 5 heteroatoms. The Bertz CT molecular complexity index is 590. The van der Waals surface area contributed by atoms with Crippen LogP contribution in [0.25, 0.3) is 0 Å². The van der Waals surface area contributed by atoms with Crippen LogP contribution < -0.4 is 5.32 Å². The van der Waals surface area contributed by atoms with Crippen molar-refractivity contribution >= 4 is 5.97 Å². The fraction of sp³-hybridized carbons (Fsp3) is 0.286. The van der Waals surface area contributed by atoms with E-state index in [4.69, 9.17) is 9.52 Å². The standard InChI is InChI=1S/C14H16N2O3/c1-9-4-3-5-16-13(9)8-15-7-11-6-12(14(17)18)10(2)19-11/h3-6,15H,7-8H2,1-2H3,(H,17,18). The van der Waals surface area contributed by atoms with Crippen molar-refractivity contribution in [1.29, 1.82) is 0 Å². The lowest BCUT2D eigenvalue weighted by Gasteiger charge is -2.04. The van der Waals surface area contributed by atoms with Gasteiger partial charge in [-0.1, -0.05) is 6.07 Å². The van der Waals surface area contributed by atoms with Gasteiger partial charge in [0, 0.05) is 12.7 Å². The van der Waals surface area contributed by atoms with Crippen molar-refractivity contribution in [2.75, 3.05) is 0 Å². The first-order chi connectivity index (χ1) is 9.08. The second kappa shape index (κ2) is 5.67. The van der Waals surface area contributed by atoms with Gasteiger partial charge in [0.2, 0.25) is 0 Å². The molecule has 5 nitrogen and oxygen atoms in total. The highest BCUT2D eigenvalue weighted by molar-refractivity contribution is 5.88. The number of nitrogens with one attached hydrogen (secondary N) is 1. The van der Waals surface area contributed by atoms with E-state index in [0.717, 1.165) is 11.3 Å². The van der Waals surface area contributed by atoms with Crippen LogP contribution in [0.2, 0.25) is 0 Å². The minimum absolute atomic E-state index is 0.214. The Morgan fingerprint density at radius 3 is 2.84 bits per heavy atom. The molecular formula is C14H16N2O3. The summed E-state index contributed by atoms with van der Waals surface area (Å²) in [6, 6.07) is 5.45. The fourth-order valence-corrected chi connectivity index (χ4v) is 1.85. The summed E-state index contributed by atoms with van der Waals surface area (Å²) >= 11 is 0. The SMILES string of the molecule is Cc1cccnc1CNCc1cc(C(=O)O)c(C)o1. The fourth-order valence-electron chi connectivity index (χ4n) is 1.85. The van der Waals surface area contributed by atoms with Gasteiger partial charge in [-0.15, -0.1) is 0 Å². The molecule has 0 aromatic carbocycles. The molecule has 2 aromatic heterocycles. The average Bonchev–Trinajstić information content (AvgIpc) is 2.73. The number of carboxylic acids is 1. The number of hydrogen-bond donors (Lipinski definition) is 2. The van der Waals surface area contributed by atoms with Gasteiger partial charge in [0.05, 0.1) is 12.2 Å². The molecule has 0 saturated carbocycles. The van der Waals surface area contributed by atoms with Gasteiger partial charge >= 0.3 is 5.97 Å². The summed E-state index contributed by atoms with van der Waals surface area (Å²) in [5, 5.41) is 12.1. The Morgan fingerprint density at radius 2 is 2.21 bits per heavy atom. The second-order valence-corrected chi connectivity index (χ2v) is 4.36. The lowest BCUT2D eigenvalue weighted by atomic mass is 10.2. The number of nitrogens with zero attached hydrogens (tertiary/aromatic N) is 1. The van der Waals surface area contributed by atoms with Gasteiger partial charge in [-0.3, -0.25) is 4.98 Å². The lowest BCUT2D eigenvalue weighted by molar-refractivity contribution is 0.0695. The van der Waals surface area contributed by atoms with Gasteiger partial charge in [-0.05, 0) is 31.5 Å². The summed E-state index contributed by atoms with van der Waals surface area (Å²) < 4.78 is 5.38. The number of hydrogen-bond acceptors (Lipinski definition) is 4. The smallest absolute Gasteiger partial charge is 0.339 e. The normalized spacial score (nSPS) is 10.6. The Hall–Kier alpha value is -2.14. The molecule has 19 heavy (non-hydrogen) atoms. The number of furan rings is 1. The van der Waals surface area contributed by atoms with E-state index in [1.165, 1.54) is 0 Å². The van der Waals surface area contributed by atoms with Crippen molar-refractivity contribution in [3.63, 3.8) is 0 Å². The van der Waals surface area contributed by atoms with Gasteiger partial charge in [0.15, 0.2) is 0 Å². The largest absolute Gasteiger partial charge is 0.478 e. The van der Waals surface area contributed by atoms with Crippen molar-refractivity contribution in [3.8, 4) is 0 Å². The van der Waals surface area contributed by atoms with Gasteiger partial charge < -0.3 is 14.8 Å². The van der Waals surface area contributed by atoms with Crippen LogP contribution in [0.3, 0.4) is 0 Å². The Labute approximate surface area is 111 Å². The highest BCUT2D eigenvalue weighted by Gasteiger charge is 2.13. The summed E-state index contributed by atoms with van der Waals surface area (Å²) in [5.41, 5.74) is 2.31. The molecule has 0 saturated heterocycles. The topological polar surface area (TPSA) is 75.4 Å². The molecule has 2 N–H and O–H groups in total. The molecule has 100 valence electrons. The molecule has 0 aliphatic heterocycles. The summed E-state index contributed by atoms with van der Waals surface area (Å²) in [7, 11) is 0. The van der Waals surface area contributed by atoms with E-state index in [-0.39, 0.29) is 5.56 Å². The van der Waals surface area contributed by atoms with Crippen molar-refractivity contribution in [2.45, 2.75) is 26.9 Å². The Kier molecular flexibility index (Phi) is 3.97. The first-order valence-corrected chi connectivity index (χ1v) is 6.01. The third-order valence-electron chi connectivity index (χ3n) is 2.91. The highest BCUT2D eigenvalue weighted by atomic mass is 16.4. The van der Waals surface area contributed by atoms with Gasteiger partial charge in [-0.25, -0.2) is 4.79 Å². The van der Waals surface area contributed by atoms with Crippen LogP contribution in [0.15, 0.2) is 28.8 Å². The van der Waals surface area contributed by atoms with E-state index >= 15 is 0 Å². The number of rotatable bonds is 5. The molecule has 0 radical (unpaired) electrons. The van der Waals surface area contributed by atoms with Crippen molar-refractivity contribution < 1.29 is 14.3 Å². The first-order valence-electron chi connectivity index (χ1n) is 6.01. The summed E-state index contributed by atoms with van der Waals surface area (Å²) in [5.74, 6) is 0.0786. The lowest BCUT2D eigenvalue weighted by Crippen LogP contribution is -2.14. The summed E-state index contributed by atoms with van der Waals surface area (Å²) in [4.78, 5) is 15.2. The molecule has 0 atom stereocenters. The van der Waals surface area contributed by atoms with Crippen LogP contribution in [-0.4, -0.2) is 16.1 Å². The number of aryl methyl sites for hydroxylation is 2. The Balaban J connectivity index is 1.95. The second-order valence-electron chi connectivity index (χ2n) is 4.36. The molecular weight excluding hydrogens is 244 g/mol. The van der Waals surface area contributed by atoms with E-state index in [9.17, 15) is 4.79 Å². The maximum Gasteiger partial charge on any atom is 0.339 e. The average molecular weight is 260 g/mol. The maximum absolute atomic E-state index is 10.9. The van der Waals surface area contributed by atoms with Gasteiger partial charge in [0.1, 0.15) is 17.1 Å². The molecule has 0 spiro atoms. The van der Waals surface area contributed by atoms with Crippen LogP contribution >= 0.6 is 0 Å². The van der Waals surface area contributed by atoms with Crippen LogP contribution in [-0.2, 0) is 13.1 Å². The summed E-state index contributed by atoms with van der Waals surface area (Å²) in [6.45, 7) is 4.75. The van der Waals surface area contributed by atoms with E-state index in [0.29, 0.717) is 24.6 Å². The molecule has 0 aliphatic rings. The number of pyridine rings is 1. The minimum Gasteiger partial charge on any atom is -0.478 e. The van der Waals surface area contributed by atoms with E-state index < -0.39 is 5.97 Å². The molecule has 0 bridgehead atoms. The summed E-state index contributed by atoms with van der Waals surface area (Å²) in [6.07, 6.45) is 1.75. The van der Waals surface area contributed by atoms with E-state index in [1.54, 1.807) is 19.2 Å². The van der Waals surface area contributed by atoms with Crippen molar-refractivity contribution in [3.05, 3.63) is 52.7 Å². The zero-order valence-corrected chi connectivity index (χ0v) is 10.9. The molecule has 2 aromatic rings. The number of carboxylic acid groups (broad SMARTS) is 1. The zero-order valence-electron chi connectivity index (χ0n) is 10.9. The minimum atomic E-state index is -0.965. The monoisotopic (exact) mass is 260 g/mol. The third kappa shape index (κ3) is 3.20. The van der Waals surface area contributed by atoms with E-state index in [2.05, 4.69) is 10.3 Å². The molecule has 2 heterocycles. The maximum atomic E-state index is 10.9. The predicted octanol–water partition coefficient (Wildman–Crippen LogP) is 2.28. The number of aromatic nitrogens is 1. The third-order valence-corrected chi connectivity index (χ3v) is 2.91. The quantitative estimate of drug-likeness (QED) is 0.862. The van der Waals surface area contributed by atoms with Crippen LogP contribution in [0.1, 0.15) is 33.1 Å². The van der Waals surface area contributed by atoms with Crippen LogP contribution in [0, 0.1) is 13.8 Å². The number of carbonyl (C=O) groups is 1. The predicted molar refractivity (Wildman–Crippen MR) is 69.9 cm³/mol. The molecule has 0 amide bonds. The van der Waals surface area contributed by atoms with Crippen molar-refractivity contribution in [2.24, 2.45) is 0 Å². The van der Waals surface area contributed by atoms with Crippen LogP contribution in [0.4, 0.5) is 0 Å². The number of aromatic carboxylic acids is 1. The zero-order chi connectivity index (χ0) is 13.8. The van der Waals surface area contributed by atoms with Gasteiger partial charge in [0.25, 0.3) is 0 Å². The van der Waals surface area contributed by atoms with E-state index in [1.807, 2.05) is 19.1 Å². The first kappa shape index (κ1) is 13.3.